The lowest BCUT2D eigenvalue weighted by Gasteiger charge is -2.21. The Morgan fingerprint density at radius 2 is 1.72 bits per heavy atom. The van der Waals surface area contributed by atoms with Crippen molar-refractivity contribution in [2.45, 2.75) is 52.0 Å². The highest BCUT2D eigenvalue weighted by atomic mass is 32.2. The van der Waals surface area contributed by atoms with Crippen LogP contribution in [0.3, 0.4) is 0 Å². The van der Waals surface area contributed by atoms with Gasteiger partial charge in [0.25, 0.3) is 10.9 Å². The molecule has 0 saturated heterocycles. The van der Waals surface area contributed by atoms with Gasteiger partial charge in [-0.1, -0.05) is 44.5 Å². The molecule has 3 aromatic rings. The van der Waals surface area contributed by atoms with E-state index in [1.165, 1.54) is 12.1 Å². The molecule has 2 aromatic heterocycles. The normalized spacial score (nSPS) is 12.4. The predicted molar refractivity (Wildman–Crippen MR) is 122 cm³/mol. The van der Waals surface area contributed by atoms with Gasteiger partial charge >= 0.3 is 0 Å². The molecule has 1 N–H and O–H groups in total. The molecule has 3 rings (SSSR count). The number of carbonyl (C=O) groups is 1. The molecule has 0 aliphatic rings. The standard InChI is InChI=1S/C24H26FN3O3S/c1-14-12-15(2)21(16(3)13-14)31-23-17(10-11-18(26-23)24(4,5)6)22(29)28-32(30)20-9-7-8-19(25)27-20/h7-13H,1-6H3,(H,28,29). The summed E-state index contributed by atoms with van der Waals surface area (Å²) in [6.45, 7) is 11.9. The highest BCUT2D eigenvalue weighted by molar-refractivity contribution is 7.90. The molecule has 0 bridgehead atoms. The van der Waals surface area contributed by atoms with E-state index >= 15 is 0 Å². The van der Waals surface area contributed by atoms with Crippen LogP contribution in [0.15, 0.2) is 47.5 Å². The number of aryl methyl sites for hydroxylation is 3. The number of amides is 1. The fourth-order valence-corrected chi connectivity index (χ4v) is 3.97. The van der Waals surface area contributed by atoms with Gasteiger partial charge in [0, 0.05) is 17.2 Å². The Kier molecular flexibility index (Phi) is 6.85. The van der Waals surface area contributed by atoms with Crippen LogP contribution in [0, 0.1) is 26.7 Å². The van der Waals surface area contributed by atoms with Gasteiger partial charge in [-0.3, -0.25) is 4.79 Å². The second-order valence-electron chi connectivity index (χ2n) is 8.63. The molecule has 2 heterocycles. The molecule has 32 heavy (non-hydrogen) atoms. The van der Waals surface area contributed by atoms with E-state index in [9.17, 15) is 13.7 Å². The summed E-state index contributed by atoms with van der Waals surface area (Å²) in [6, 6.07) is 11.2. The first-order chi connectivity index (χ1) is 15.0. The average molecular weight is 456 g/mol. The summed E-state index contributed by atoms with van der Waals surface area (Å²) >= 11 is -2.05. The molecule has 0 radical (unpaired) electrons. The SMILES string of the molecule is Cc1cc(C)c(Oc2nc(C(C)(C)C)ccc2C(=O)N[S+]([O-])c2cccc(F)n2)c(C)c1. The number of benzene rings is 1. The zero-order valence-corrected chi connectivity index (χ0v) is 19.8. The number of aromatic nitrogens is 2. The number of nitrogens with one attached hydrogen (secondary N) is 1. The van der Waals surface area contributed by atoms with Crippen molar-refractivity contribution in [3.63, 3.8) is 0 Å². The van der Waals surface area contributed by atoms with Crippen molar-refractivity contribution in [2.24, 2.45) is 0 Å². The van der Waals surface area contributed by atoms with Crippen LogP contribution in [0.5, 0.6) is 11.6 Å². The molecule has 1 atom stereocenters. The molecule has 1 unspecified atom stereocenters. The van der Waals surface area contributed by atoms with Gasteiger partial charge < -0.3 is 9.29 Å². The smallest absolute Gasteiger partial charge is 0.297 e. The largest absolute Gasteiger partial charge is 0.587 e. The third kappa shape index (κ3) is 5.44. The molecule has 0 fully saturated rings. The van der Waals surface area contributed by atoms with Crippen LogP contribution in [-0.4, -0.2) is 20.4 Å². The molecule has 0 spiro atoms. The van der Waals surface area contributed by atoms with Crippen LogP contribution >= 0.6 is 0 Å². The molecule has 0 saturated carbocycles. The van der Waals surface area contributed by atoms with Crippen molar-refractivity contribution < 1.29 is 18.5 Å². The van der Waals surface area contributed by atoms with Gasteiger partial charge in [-0.2, -0.15) is 14.1 Å². The number of carbonyl (C=O) groups excluding carboxylic acids is 1. The van der Waals surface area contributed by atoms with Crippen LogP contribution in [-0.2, 0) is 16.8 Å². The zero-order valence-electron chi connectivity index (χ0n) is 18.9. The minimum absolute atomic E-state index is 0.0923. The van der Waals surface area contributed by atoms with E-state index in [0.717, 1.165) is 28.5 Å². The lowest BCUT2D eigenvalue weighted by molar-refractivity contribution is 0.0978. The van der Waals surface area contributed by atoms with Gasteiger partial charge in [0.05, 0.1) is 0 Å². The summed E-state index contributed by atoms with van der Waals surface area (Å²) in [5.41, 5.74) is 3.48. The fourth-order valence-electron chi connectivity index (χ4n) is 3.22. The maximum Gasteiger partial charge on any atom is 0.297 e. The van der Waals surface area contributed by atoms with Gasteiger partial charge in [0.15, 0.2) is 0 Å². The van der Waals surface area contributed by atoms with Crippen LogP contribution in [0.4, 0.5) is 4.39 Å². The minimum atomic E-state index is -2.05. The van der Waals surface area contributed by atoms with Crippen molar-refractivity contribution in [2.75, 3.05) is 0 Å². The number of hydrogen-bond donors (Lipinski definition) is 1. The summed E-state index contributed by atoms with van der Waals surface area (Å²) in [5, 5.41) is -0.0923. The lowest BCUT2D eigenvalue weighted by Crippen LogP contribution is -2.32. The second-order valence-corrected chi connectivity index (χ2v) is 9.79. The van der Waals surface area contributed by atoms with Gasteiger partial charge in [-0.25, -0.2) is 4.98 Å². The Morgan fingerprint density at radius 1 is 1.06 bits per heavy atom. The van der Waals surface area contributed by atoms with Gasteiger partial charge in [-0.05, 0) is 50.1 Å². The Balaban J connectivity index is 1.99. The van der Waals surface area contributed by atoms with Gasteiger partial charge in [0.2, 0.25) is 11.8 Å². The Hall–Kier alpha value is -2.97. The predicted octanol–water partition coefficient (Wildman–Crippen LogP) is 5.08. The Morgan fingerprint density at radius 3 is 2.31 bits per heavy atom. The van der Waals surface area contributed by atoms with E-state index in [1.54, 1.807) is 12.1 Å². The number of halogens is 1. The summed E-state index contributed by atoms with van der Waals surface area (Å²) < 4.78 is 34.4. The molecule has 1 amide bonds. The summed E-state index contributed by atoms with van der Waals surface area (Å²) in [6.07, 6.45) is 0. The quantitative estimate of drug-likeness (QED) is 0.428. The monoisotopic (exact) mass is 455 g/mol. The molecule has 0 aliphatic heterocycles. The van der Waals surface area contributed by atoms with Crippen LogP contribution in [0.25, 0.3) is 0 Å². The first-order valence-electron chi connectivity index (χ1n) is 10.1. The van der Waals surface area contributed by atoms with Crippen LogP contribution in [0.1, 0.15) is 53.5 Å². The maximum atomic E-state index is 13.4. The van der Waals surface area contributed by atoms with Crippen molar-refractivity contribution in [1.82, 2.24) is 14.7 Å². The molecule has 168 valence electrons. The van der Waals surface area contributed by atoms with Crippen molar-refractivity contribution in [3.8, 4) is 11.6 Å². The molecular weight excluding hydrogens is 429 g/mol. The summed E-state index contributed by atoms with van der Waals surface area (Å²) in [4.78, 5) is 21.1. The molecular formula is C24H26FN3O3S. The van der Waals surface area contributed by atoms with E-state index in [0.29, 0.717) is 5.75 Å². The number of hydrogen-bond acceptors (Lipinski definition) is 5. The molecule has 1 aromatic carbocycles. The Bertz CT molecular complexity index is 1140. The zero-order chi connectivity index (χ0) is 23.6. The van der Waals surface area contributed by atoms with Crippen molar-refractivity contribution >= 4 is 17.3 Å². The number of rotatable bonds is 5. The fraction of sp³-hybridized carbons (Fsp3) is 0.292. The molecule has 8 heteroatoms. The van der Waals surface area contributed by atoms with E-state index < -0.39 is 23.2 Å². The number of pyridine rings is 2. The van der Waals surface area contributed by atoms with Gasteiger partial charge in [-0.15, -0.1) is 0 Å². The third-order valence-corrected chi connectivity index (χ3v) is 5.72. The van der Waals surface area contributed by atoms with E-state index in [4.69, 9.17) is 4.74 Å². The lowest BCUT2D eigenvalue weighted by atomic mass is 9.91. The molecule has 0 aliphatic carbocycles. The van der Waals surface area contributed by atoms with E-state index in [1.807, 2.05) is 53.7 Å². The molecule has 6 nitrogen and oxygen atoms in total. The van der Waals surface area contributed by atoms with Crippen LogP contribution < -0.4 is 9.46 Å². The van der Waals surface area contributed by atoms with Gasteiger partial charge in [0.1, 0.15) is 22.7 Å². The highest BCUT2D eigenvalue weighted by Gasteiger charge is 2.26. The first-order valence-corrected chi connectivity index (χ1v) is 11.2. The van der Waals surface area contributed by atoms with Crippen LogP contribution in [0.2, 0.25) is 0 Å². The Labute approximate surface area is 190 Å². The minimum Gasteiger partial charge on any atom is -0.587 e. The topological polar surface area (TPSA) is 87.2 Å². The average Bonchev–Trinajstić information content (AvgIpc) is 2.69. The second kappa shape index (κ2) is 9.26. The highest BCUT2D eigenvalue weighted by Crippen LogP contribution is 2.32. The van der Waals surface area contributed by atoms with Crippen molar-refractivity contribution in [3.05, 3.63) is 76.4 Å². The van der Waals surface area contributed by atoms with E-state index in [2.05, 4.69) is 14.7 Å². The number of ether oxygens (including phenoxy) is 1. The summed E-state index contributed by atoms with van der Waals surface area (Å²) in [7, 11) is 0. The first kappa shape index (κ1) is 23.7. The third-order valence-electron chi connectivity index (χ3n) is 4.74. The maximum absolute atomic E-state index is 13.4. The number of nitrogens with zero attached hydrogens (tertiary/aromatic N) is 2. The summed E-state index contributed by atoms with van der Waals surface area (Å²) in [5.74, 6) is -0.735. The van der Waals surface area contributed by atoms with E-state index in [-0.39, 0.29) is 21.9 Å². The van der Waals surface area contributed by atoms with Crippen molar-refractivity contribution in [1.29, 1.82) is 0 Å².